The lowest BCUT2D eigenvalue weighted by atomic mass is 9.74. The van der Waals surface area contributed by atoms with Crippen LogP contribution < -0.4 is 10.1 Å². The van der Waals surface area contributed by atoms with Crippen LogP contribution in [0.25, 0.3) is 10.9 Å². The Kier molecular flexibility index (Phi) is 5.58. The van der Waals surface area contributed by atoms with Gasteiger partial charge in [-0.1, -0.05) is 24.3 Å². The molecule has 0 bridgehead atoms. The topological polar surface area (TPSA) is 52.5 Å². The second-order valence-corrected chi connectivity index (χ2v) is 7.85. The number of ether oxygens (including phenoxy) is 2. The van der Waals surface area contributed by atoms with E-state index in [0.717, 1.165) is 24.1 Å². The summed E-state index contributed by atoms with van der Waals surface area (Å²) >= 11 is 0. The van der Waals surface area contributed by atoms with Crippen LogP contribution in [0.3, 0.4) is 0 Å². The zero-order valence-electron chi connectivity index (χ0n) is 17.1. The Balaban J connectivity index is 1.48. The van der Waals surface area contributed by atoms with Gasteiger partial charge in [0.25, 0.3) is 0 Å². The first-order valence-electron chi connectivity index (χ1n) is 10.1. The van der Waals surface area contributed by atoms with E-state index in [9.17, 15) is 4.79 Å². The number of amides is 1. The smallest absolute Gasteiger partial charge is 0.239 e. The number of aromatic nitrogens is 1. The number of hydrogen-bond acceptors (Lipinski definition) is 3. The molecule has 3 aromatic rings. The summed E-state index contributed by atoms with van der Waals surface area (Å²) in [5.74, 6) is 0.873. The molecule has 1 N–H and O–H groups in total. The van der Waals surface area contributed by atoms with Crippen molar-refractivity contribution in [2.75, 3.05) is 26.9 Å². The van der Waals surface area contributed by atoms with E-state index in [-0.39, 0.29) is 11.3 Å². The van der Waals surface area contributed by atoms with Crippen molar-refractivity contribution in [1.29, 1.82) is 0 Å². The highest BCUT2D eigenvalue weighted by molar-refractivity contribution is 5.85. The first-order chi connectivity index (χ1) is 14.1. The van der Waals surface area contributed by atoms with Crippen molar-refractivity contribution in [3.05, 3.63) is 65.9 Å². The van der Waals surface area contributed by atoms with Crippen LogP contribution in [0.4, 0.5) is 0 Å². The molecule has 29 heavy (non-hydrogen) atoms. The average molecular weight is 392 g/mol. The molecule has 0 saturated carbocycles. The number of carbonyl (C=O) groups excluding carboxylic acids is 1. The van der Waals surface area contributed by atoms with Gasteiger partial charge in [0.2, 0.25) is 5.91 Å². The lowest BCUT2D eigenvalue weighted by Crippen LogP contribution is -2.45. The number of nitrogens with one attached hydrogen (secondary N) is 1. The third-order valence-corrected chi connectivity index (χ3v) is 6.12. The van der Waals surface area contributed by atoms with Gasteiger partial charge < -0.3 is 19.4 Å². The molecule has 5 nitrogen and oxygen atoms in total. The maximum atomic E-state index is 12.8. The molecule has 1 aromatic heterocycles. The highest BCUT2D eigenvalue weighted by Gasteiger charge is 2.34. The summed E-state index contributed by atoms with van der Waals surface area (Å²) in [4.78, 5) is 12.8. The Morgan fingerprint density at radius 1 is 1.14 bits per heavy atom. The summed E-state index contributed by atoms with van der Waals surface area (Å²) in [7, 11) is 1.67. The average Bonchev–Trinajstić information content (AvgIpc) is 3.17. The Morgan fingerprint density at radius 3 is 2.62 bits per heavy atom. The molecule has 0 spiro atoms. The third-order valence-electron chi connectivity index (χ3n) is 6.12. The summed E-state index contributed by atoms with van der Waals surface area (Å²) in [5.41, 5.74) is 3.44. The number of benzene rings is 2. The fourth-order valence-corrected chi connectivity index (χ4v) is 4.27. The Hall–Kier alpha value is -2.79. The molecular weight excluding hydrogens is 364 g/mol. The molecule has 1 aliphatic heterocycles. The van der Waals surface area contributed by atoms with Gasteiger partial charge in [0.15, 0.2) is 0 Å². The standard InChI is InChI=1S/C24H28N2O3/c1-18-4-3-5-22-21(18)10-13-26(22)16-23(27)25-17-24(11-14-29-15-12-24)19-6-8-20(28-2)9-7-19/h3-10,13H,11-12,14-17H2,1-2H3,(H,25,27). The monoisotopic (exact) mass is 392 g/mol. The van der Waals surface area contributed by atoms with Crippen LogP contribution in [0.5, 0.6) is 5.75 Å². The van der Waals surface area contributed by atoms with E-state index in [1.807, 2.05) is 29.0 Å². The van der Waals surface area contributed by atoms with Crippen molar-refractivity contribution in [1.82, 2.24) is 9.88 Å². The SMILES string of the molecule is COc1ccc(C2(CNC(=O)Cn3ccc4c(C)cccc43)CCOCC2)cc1. The van der Waals surface area contributed by atoms with Gasteiger partial charge in [-0.3, -0.25) is 4.79 Å². The molecular formula is C24H28N2O3. The van der Waals surface area contributed by atoms with Crippen LogP contribution in [0.1, 0.15) is 24.0 Å². The highest BCUT2D eigenvalue weighted by atomic mass is 16.5. The number of aryl methyl sites for hydroxylation is 1. The van der Waals surface area contributed by atoms with Gasteiger partial charge in [-0.25, -0.2) is 0 Å². The minimum absolute atomic E-state index is 0.0309. The van der Waals surface area contributed by atoms with Crippen molar-refractivity contribution in [2.45, 2.75) is 31.7 Å². The van der Waals surface area contributed by atoms with E-state index >= 15 is 0 Å². The molecule has 1 fully saturated rings. The van der Waals surface area contributed by atoms with Crippen LogP contribution in [-0.4, -0.2) is 37.3 Å². The number of hydrogen-bond donors (Lipinski definition) is 1. The van der Waals surface area contributed by atoms with Crippen molar-refractivity contribution < 1.29 is 14.3 Å². The molecule has 0 aliphatic carbocycles. The number of rotatable bonds is 6. The summed E-state index contributed by atoms with van der Waals surface area (Å²) in [6.07, 6.45) is 3.78. The number of nitrogens with zero attached hydrogens (tertiary/aromatic N) is 1. The van der Waals surface area contributed by atoms with Crippen LogP contribution in [0, 0.1) is 6.92 Å². The summed E-state index contributed by atoms with van der Waals surface area (Å²) in [6, 6.07) is 16.5. The predicted molar refractivity (Wildman–Crippen MR) is 114 cm³/mol. The molecule has 1 aliphatic rings. The van der Waals surface area contributed by atoms with Gasteiger partial charge in [0.1, 0.15) is 12.3 Å². The third kappa shape index (κ3) is 4.01. The van der Waals surface area contributed by atoms with Gasteiger partial charge >= 0.3 is 0 Å². The van der Waals surface area contributed by atoms with Crippen LogP contribution in [-0.2, 0) is 21.5 Å². The first-order valence-corrected chi connectivity index (χ1v) is 10.1. The largest absolute Gasteiger partial charge is 0.497 e. The quantitative estimate of drug-likeness (QED) is 0.694. The van der Waals surface area contributed by atoms with Gasteiger partial charge in [0.05, 0.1) is 7.11 Å². The summed E-state index contributed by atoms with van der Waals surface area (Å²) in [5, 5.41) is 4.39. The molecule has 0 unspecified atom stereocenters. The molecule has 2 heterocycles. The molecule has 2 aromatic carbocycles. The maximum absolute atomic E-state index is 12.8. The number of methoxy groups -OCH3 is 1. The van der Waals surface area contributed by atoms with Crippen LogP contribution in [0.2, 0.25) is 0 Å². The van der Waals surface area contributed by atoms with Crippen molar-refractivity contribution in [3.8, 4) is 5.75 Å². The molecule has 5 heteroatoms. The van der Waals surface area contributed by atoms with E-state index in [0.29, 0.717) is 26.3 Å². The molecule has 152 valence electrons. The second-order valence-electron chi connectivity index (χ2n) is 7.85. The van der Waals surface area contributed by atoms with Gasteiger partial charge in [-0.2, -0.15) is 0 Å². The van der Waals surface area contributed by atoms with Crippen LogP contribution >= 0.6 is 0 Å². The molecule has 1 saturated heterocycles. The van der Waals surface area contributed by atoms with Crippen LogP contribution in [0.15, 0.2) is 54.7 Å². The molecule has 1 amide bonds. The van der Waals surface area contributed by atoms with Gasteiger partial charge in [-0.15, -0.1) is 0 Å². The minimum Gasteiger partial charge on any atom is -0.497 e. The molecule has 0 radical (unpaired) electrons. The predicted octanol–water partition coefficient (Wildman–Crippen LogP) is 3.82. The lowest BCUT2D eigenvalue weighted by molar-refractivity contribution is -0.122. The normalized spacial score (nSPS) is 15.9. The Morgan fingerprint density at radius 2 is 1.90 bits per heavy atom. The first kappa shape index (κ1) is 19.5. The summed E-state index contributed by atoms with van der Waals surface area (Å²) < 4.78 is 12.9. The Bertz CT molecular complexity index is 985. The molecule has 0 atom stereocenters. The van der Waals surface area contributed by atoms with E-state index < -0.39 is 0 Å². The zero-order chi connectivity index (χ0) is 20.3. The van der Waals surface area contributed by atoms with E-state index in [1.54, 1.807) is 7.11 Å². The van der Waals surface area contributed by atoms with E-state index in [4.69, 9.17) is 9.47 Å². The van der Waals surface area contributed by atoms with E-state index in [2.05, 4.69) is 42.6 Å². The fourth-order valence-electron chi connectivity index (χ4n) is 4.27. The second kappa shape index (κ2) is 8.29. The van der Waals surface area contributed by atoms with Crippen molar-refractivity contribution in [3.63, 3.8) is 0 Å². The number of fused-ring (bicyclic) bond motifs is 1. The minimum atomic E-state index is -0.102. The van der Waals surface area contributed by atoms with Gasteiger partial charge in [-0.05, 0) is 55.2 Å². The highest BCUT2D eigenvalue weighted by Crippen LogP contribution is 2.35. The number of carbonyl (C=O) groups is 1. The maximum Gasteiger partial charge on any atom is 0.239 e. The summed E-state index contributed by atoms with van der Waals surface area (Å²) in [6.45, 7) is 4.45. The van der Waals surface area contributed by atoms with Gasteiger partial charge in [0, 0.05) is 42.3 Å². The Labute approximate surface area is 171 Å². The van der Waals surface area contributed by atoms with Crippen molar-refractivity contribution >= 4 is 16.8 Å². The van der Waals surface area contributed by atoms with Crippen molar-refractivity contribution in [2.24, 2.45) is 0 Å². The van der Waals surface area contributed by atoms with E-state index in [1.165, 1.54) is 16.5 Å². The fraction of sp³-hybridized carbons (Fsp3) is 0.375. The zero-order valence-corrected chi connectivity index (χ0v) is 17.1. The lowest BCUT2D eigenvalue weighted by Gasteiger charge is -2.38. The molecule has 4 rings (SSSR count).